The monoisotopic (exact) mass is 414 g/mol. The lowest BCUT2D eigenvalue weighted by Gasteiger charge is -2.37. The average molecular weight is 415 g/mol. The van der Waals surface area contributed by atoms with Crippen molar-refractivity contribution in [1.29, 1.82) is 0 Å². The molecule has 1 fully saturated rings. The van der Waals surface area contributed by atoms with Crippen molar-refractivity contribution >= 4 is 5.69 Å². The van der Waals surface area contributed by atoms with Gasteiger partial charge in [-0.15, -0.1) is 0 Å². The molecule has 0 spiro atoms. The summed E-state index contributed by atoms with van der Waals surface area (Å²) in [5.41, 5.74) is 1.20. The van der Waals surface area contributed by atoms with Gasteiger partial charge in [0.2, 0.25) is 0 Å². The fraction of sp³-hybridized carbons (Fsp3) is 0.478. The van der Waals surface area contributed by atoms with Gasteiger partial charge in [0.1, 0.15) is 12.4 Å². The molecule has 7 heteroatoms. The van der Waals surface area contributed by atoms with Gasteiger partial charge in [-0.25, -0.2) is 0 Å². The van der Waals surface area contributed by atoms with E-state index in [1.807, 2.05) is 36.4 Å². The van der Waals surface area contributed by atoms with Crippen LogP contribution in [-0.4, -0.2) is 81.9 Å². The van der Waals surface area contributed by atoms with Crippen molar-refractivity contribution in [1.82, 2.24) is 4.90 Å². The minimum Gasteiger partial charge on any atom is -0.497 e. The molecule has 30 heavy (non-hydrogen) atoms. The summed E-state index contributed by atoms with van der Waals surface area (Å²) >= 11 is 0. The Hall–Kier alpha value is -2.48. The highest BCUT2D eigenvalue weighted by Gasteiger charge is 2.22. The van der Waals surface area contributed by atoms with E-state index in [0.29, 0.717) is 26.4 Å². The molecule has 0 unspecified atom stereocenters. The number of benzene rings is 2. The average Bonchev–Trinajstić information content (AvgIpc) is 2.79. The molecule has 0 bridgehead atoms. The second-order valence-electron chi connectivity index (χ2n) is 7.67. The largest absolute Gasteiger partial charge is 0.497 e. The Morgan fingerprint density at radius 2 is 1.77 bits per heavy atom. The third-order valence-electron chi connectivity index (χ3n) is 5.46. The maximum atomic E-state index is 10.4. The van der Waals surface area contributed by atoms with Crippen LogP contribution >= 0.6 is 0 Å². The van der Waals surface area contributed by atoms with Crippen LogP contribution in [0.4, 0.5) is 5.69 Å². The van der Waals surface area contributed by atoms with E-state index in [1.54, 1.807) is 7.11 Å². The predicted octanol–water partition coefficient (Wildman–Crippen LogP) is 2.03. The van der Waals surface area contributed by atoms with Gasteiger partial charge < -0.3 is 29.0 Å². The third-order valence-corrected chi connectivity index (χ3v) is 5.46. The molecule has 0 radical (unpaired) electrons. The van der Waals surface area contributed by atoms with Gasteiger partial charge in [-0.1, -0.05) is 12.1 Å². The smallest absolute Gasteiger partial charge is 0.161 e. The summed E-state index contributed by atoms with van der Waals surface area (Å²) in [5.74, 6) is 2.38. The SMILES string of the molecule is COc1ccc(N2CCN(C[C@H](O)COC[C@@H]3COc4ccccc4O3)CC2)cc1. The maximum Gasteiger partial charge on any atom is 0.161 e. The predicted molar refractivity (Wildman–Crippen MR) is 115 cm³/mol. The number of β-amino-alcohol motifs (C(OH)–C–C–N with tert-alkyl or cyclic N) is 1. The van der Waals surface area contributed by atoms with Crippen LogP contribution < -0.4 is 19.1 Å². The zero-order chi connectivity index (χ0) is 20.8. The van der Waals surface area contributed by atoms with Crippen molar-refractivity contribution in [3.05, 3.63) is 48.5 Å². The van der Waals surface area contributed by atoms with Gasteiger partial charge in [-0.2, -0.15) is 0 Å². The highest BCUT2D eigenvalue weighted by Crippen LogP contribution is 2.30. The van der Waals surface area contributed by atoms with Gasteiger partial charge in [-0.05, 0) is 36.4 Å². The van der Waals surface area contributed by atoms with Crippen LogP contribution in [-0.2, 0) is 4.74 Å². The Bertz CT molecular complexity index is 792. The summed E-state index contributed by atoms with van der Waals surface area (Å²) in [6.45, 7) is 5.47. The zero-order valence-corrected chi connectivity index (χ0v) is 17.4. The molecule has 0 aliphatic carbocycles. The number of rotatable bonds is 8. The maximum absolute atomic E-state index is 10.4. The standard InChI is InChI=1S/C23H30N2O5/c1-27-20-8-6-18(7-9-20)25-12-10-24(11-13-25)14-19(26)15-28-16-21-17-29-22-4-2-3-5-23(22)30-21/h2-9,19,21,26H,10-17H2,1H3/t19-,21+/m0/s1. The van der Waals surface area contributed by atoms with E-state index >= 15 is 0 Å². The molecule has 1 N–H and O–H groups in total. The Morgan fingerprint density at radius 1 is 1.03 bits per heavy atom. The van der Waals surface area contributed by atoms with E-state index in [2.05, 4.69) is 21.9 Å². The molecule has 2 aromatic rings. The fourth-order valence-electron chi connectivity index (χ4n) is 3.81. The number of anilines is 1. The normalized spacial score (nSPS) is 20.1. The lowest BCUT2D eigenvalue weighted by molar-refractivity contribution is -0.0292. The van der Waals surface area contributed by atoms with Gasteiger partial charge in [0, 0.05) is 38.4 Å². The summed E-state index contributed by atoms with van der Waals surface area (Å²) in [7, 11) is 1.68. The number of hydrogen-bond donors (Lipinski definition) is 1. The summed E-state index contributed by atoms with van der Waals surface area (Å²) < 4.78 is 22.5. The highest BCUT2D eigenvalue weighted by molar-refractivity contribution is 5.49. The van der Waals surface area contributed by atoms with Crippen LogP contribution in [0.25, 0.3) is 0 Å². The van der Waals surface area contributed by atoms with E-state index in [1.165, 1.54) is 5.69 Å². The van der Waals surface area contributed by atoms with E-state index < -0.39 is 6.10 Å². The molecule has 2 aliphatic rings. The van der Waals surface area contributed by atoms with Gasteiger partial charge in [-0.3, -0.25) is 4.90 Å². The lowest BCUT2D eigenvalue weighted by Crippen LogP contribution is -2.49. The summed E-state index contributed by atoms with van der Waals surface area (Å²) in [6, 6.07) is 15.8. The number of aliphatic hydroxyl groups excluding tert-OH is 1. The minimum atomic E-state index is -0.519. The number of aliphatic hydroxyl groups is 1. The number of fused-ring (bicyclic) bond motifs is 1. The van der Waals surface area contributed by atoms with Crippen LogP contribution in [0.2, 0.25) is 0 Å². The van der Waals surface area contributed by atoms with Gasteiger partial charge >= 0.3 is 0 Å². The fourth-order valence-corrected chi connectivity index (χ4v) is 3.81. The Morgan fingerprint density at radius 3 is 2.50 bits per heavy atom. The van der Waals surface area contributed by atoms with Crippen LogP contribution in [0.3, 0.4) is 0 Å². The van der Waals surface area contributed by atoms with Crippen LogP contribution in [0.15, 0.2) is 48.5 Å². The first-order valence-electron chi connectivity index (χ1n) is 10.5. The molecule has 162 valence electrons. The molecule has 2 aromatic carbocycles. The first-order valence-corrected chi connectivity index (χ1v) is 10.5. The number of nitrogens with zero attached hydrogens (tertiary/aromatic N) is 2. The molecule has 4 rings (SSSR count). The molecule has 0 amide bonds. The summed E-state index contributed by atoms with van der Waals surface area (Å²) in [4.78, 5) is 4.64. The number of hydrogen-bond acceptors (Lipinski definition) is 7. The van der Waals surface area contributed by atoms with Gasteiger partial charge in [0.15, 0.2) is 17.6 Å². The molecule has 2 aliphatic heterocycles. The molecular formula is C23H30N2O5. The first kappa shape index (κ1) is 20.8. The lowest BCUT2D eigenvalue weighted by atomic mass is 10.2. The molecule has 0 saturated carbocycles. The zero-order valence-electron chi connectivity index (χ0n) is 17.4. The number of methoxy groups -OCH3 is 1. The van der Waals surface area contributed by atoms with Crippen molar-refractivity contribution in [3.63, 3.8) is 0 Å². The second kappa shape index (κ2) is 10.0. The van der Waals surface area contributed by atoms with Crippen LogP contribution in [0.1, 0.15) is 0 Å². The quantitative estimate of drug-likeness (QED) is 0.709. The summed E-state index contributed by atoms with van der Waals surface area (Å²) in [5, 5.41) is 10.4. The Balaban J connectivity index is 1.14. The third kappa shape index (κ3) is 5.36. The van der Waals surface area contributed by atoms with E-state index in [4.69, 9.17) is 18.9 Å². The molecule has 7 nitrogen and oxygen atoms in total. The molecular weight excluding hydrogens is 384 g/mol. The van der Waals surface area contributed by atoms with Crippen molar-refractivity contribution in [2.75, 3.05) is 64.6 Å². The first-order chi connectivity index (χ1) is 14.7. The Kier molecular flexibility index (Phi) is 6.94. The second-order valence-corrected chi connectivity index (χ2v) is 7.67. The Labute approximate surface area is 177 Å². The van der Waals surface area contributed by atoms with Gasteiger partial charge in [0.25, 0.3) is 0 Å². The van der Waals surface area contributed by atoms with Gasteiger partial charge in [0.05, 0.1) is 26.4 Å². The minimum absolute atomic E-state index is 0.153. The van der Waals surface area contributed by atoms with E-state index in [9.17, 15) is 5.11 Å². The molecule has 2 atom stereocenters. The highest BCUT2D eigenvalue weighted by atomic mass is 16.6. The van der Waals surface area contributed by atoms with Crippen molar-refractivity contribution < 1.29 is 24.1 Å². The number of ether oxygens (including phenoxy) is 4. The van der Waals surface area contributed by atoms with Crippen molar-refractivity contribution in [3.8, 4) is 17.2 Å². The van der Waals surface area contributed by atoms with Crippen LogP contribution in [0.5, 0.6) is 17.2 Å². The van der Waals surface area contributed by atoms with Crippen molar-refractivity contribution in [2.24, 2.45) is 0 Å². The van der Waals surface area contributed by atoms with Crippen LogP contribution in [0, 0.1) is 0 Å². The molecule has 2 heterocycles. The topological polar surface area (TPSA) is 63.6 Å². The molecule has 1 saturated heterocycles. The van der Waals surface area contributed by atoms with E-state index in [-0.39, 0.29) is 6.10 Å². The number of piperazine rings is 1. The number of para-hydroxylation sites is 2. The summed E-state index contributed by atoms with van der Waals surface area (Å²) in [6.07, 6.45) is -0.672. The van der Waals surface area contributed by atoms with E-state index in [0.717, 1.165) is 43.4 Å². The molecule has 0 aromatic heterocycles. The van der Waals surface area contributed by atoms with Crippen molar-refractivity contribution in [2.45, 2.75) is 12.2 Å².